The molecule has 0 heterocycles. The van der Waals surface area contributed by atoms with Crippen LogP contribution in [0, 0.1) is 0 Å². The SMILES string of the molecule is CC(C)(C)OCC(NC(=O)c1ccc(/C(N)=N\C(=O)OC(C)(C)C)cc1)C(=O)c1ccc(OCC(=O)OC(C)(C)C)cc1. The van der Waals surface area contributed by atoms with Gasteiger partial charge in [-0.3, -0.25) is 9.59 Å². The highest BCUT2D eigenvalue weighted by Crippen LogP contribution is 2.17. The van der Waals surface area contributed by atoms with E-state index in [1.165, 1.54) is 24.3 Å². The average molecular weight is 598 g/mol. The van der Waals surface area contributed by atoms with Crippen molar-refractivity contribution < 1.29 is 38.1 Å². The number of Topliss-reactive ketones (excluding diaryl/α,β-unsaturated/α-hetero) is 1. The van der Waals surface area contributed by atoms with Gasteiger partial charge < -0.3 is 30.0 Å². The van der Waals surface area contributed by atoms with Gasteiger partial charge in [0.2, 0.25) is 0 Å². The summed E-state index contributed by atoms with van der Waals surface area (Å²) < 4.78 is 21.7. The van der Waals surface area contributed by atoms with Crippen molar-refractivity contribution in [1.29, 1.82) is 0 Å². The molecule has 0 fully saturated rings. The maximum atomic E-state index is 13.4. The van der Waals surface area contributed by atoms with E-state index in [1.54, 1.807) is 65.8 Å². The number of nitrogens with two attached hydrogens (primary N) is 1. The Bertz CT molecular complexity index is 1310. The minimum atomic E-state index is -1.00. The fourth-order valence-corrected chi connectivity index (χ4v) is 3.43. The summed E-state index contributed by atoms with van der Waals surface area (Å²) in [6.07, 6.45) is -0.824. The van der Waals surface area contributed by atoms with Crippen LogP contribution in [0.4, 0.5) is 4.79 Å². The quantitative estimate of drug-likeness (QED) is 0.169. The van der Waals surface area contributed by atoms with E-state index in [1.807, 2.05) is 20.8 Å². The zero-order valence-corrected chi connectivity index (χ0v) is 26.4. The lowest BCUT2D eigenvalue weighted by atomic mass is 10.0. The molecule has 2 amide bonds. The molecule has 1 unspecified atom stereocenters. The van der Waals surface area contributed by atoms with Crippen molar-refractivity contribution in [2.45, 2.75) is 85.2 Å². The van der Waals surface area contributed by atoms with Crippen molar-refractivity contribution in [2.75, 3.05) is 13.2 Å². The lowest BCUT2D eigenvalue weighted by Crippen LogP contribution is -2.45. The number of carbonyl (C=O) groups excluding carboxylic acids is 4. The zero-order valence-electron chi connectivity index (χ0n) is 26.4. The summed E-state index contributed by atoms with van der Waals surface area (Å²) in [5.41, 5.74) is 5.01. The number of hydrogen-bond acceptors (Lipinski definition) is 8. The molecule has 0 bridgehead atoms. The first-order chi connectivity index (χ1) is 19.7. The minimum Gasteiger partial charge on any atom is -0.482 e. The highest BCUT2D eigenvalue weighted by atomic mass is 16.6. The maximum Gasteiger partial charge on any atom is 0.436 e. The van der Waals surface area contributed by atoms with Gasteiger partial charge in [-0.1, -0.05) is 12.1 Å². The number of aliphatic imine (C=N–C) groups is 1. The number of carbonyl (C=O) groups is 4. The van der Waals surface area contributed by atoms with E-state index < -0.39 is 40.8 Å². The van der Waals surface area contributed by atoms with E-state index in [0.29, 0.717) is 16.9 Å². The van der Waals surface area contributed by atoms with E-state index >= 15 is 0 Å². The molecule has 11 heteroatoms. The molecule has 0 saturated heterocycles. The molecular weight excluding hydrogens is 554 g/mol. The Kier molecular flexibility index (Phi) is 11.6. The van der Waals surface area contributed by atoms with Crippen LogP contribution in [0.2, 0.25) is 0 Å². The second-order valence-corrected chi connectivity index (χ2v) is 12.8. The molecular formula is C32H43N3O8. The molecule has 234 valence electrons. The van der Waals surface area contributed by atoms with Crippen LogP contribution in [-0.2, 0) is 19.0 Å². The number of rotatable bonds is 10. The normalized spacial score (nSPS) is 13.1. The largest absolute Gasteiger partial charge is 0.482 e. The number of amides is 2. The number of hydrogen-bond donors (Lipinski definition) is 2. The Balaban J connectivity index is 2.14. The van der Waals surface area contributed by atoms with Crippen LogP contribution in [0.1, 0.15) is 88.6 Å². The monoisotopic (exact) mass is 597 g/mol. The summed E-state index contributed by atoms with van der Waals surface area (Å²) in [7, 11) is 0. The Labute approximate surface area is 253 Å². The smallest absolute Gasteiger partial charge is 0.436 e. The van der Waals surface area contributed by atoms with Crippen molar-refractivity contribution in [1.82, 2.24) is 5.32 Å². The number of ether oxygens (including phenoxy) is 4. The summed E-state index contributed by atoms with van der Waals surface area (Å²) in [5, 5.41) is 2.75. The van der Waals surface area contributed by atoms with Crippen LogP contribution < -0.4 is 15.8 Å². The first-order valence-electron chi connectivity index (χ1n) is 13.8. The standard InChI is InChI=1S/C32H43N3O8/c1-30(2,3)41-18-24(26(37)20-14-16-23(17-15-20)40-19-25(36)42-31(4,5)6)34-28(38)22-12-10-21(11-13-22)27(33)35-29(39)43-32(7,8)9/h10-17,24H,18-19H2,1-9H3,(H,34,38)(H2,33,35,39). The summed E-state index contributed by atoms with van der Waals surface area (Å²) in [5.74, 6) is -1.08. The summed E-state index contributed by atoms with van der Waals surface area (Å²) >= 11 is 0. The van der Waals surface area contributed by atoms with Crippen LogP contribution in [-0.4, -0.2) is 65.6 Å². The Morgan fingerprint density at radius 2 is 1.26 bits per heavy atom. The molecule has 0 aromatic heterocycles. The fourth-order valence-electron chi connectivity index (χ4n) is 3.43. The molecule has 1 atom stereocenters. The number of esters is 1. The van der Waals surface area contributed by atoms with Crippen LogP contribution in [0.15, 0.2) is 53.5 Å². The van der Waals surface area contributed by atoms with Gasteiger partial charge in [0.25, 0.3) is 5.91 Å². The Morgan fingerprint density at radius 3 is 1.77 bits per heavy atom. The molecule has 2 rings (SSSR count). The van der Waals surface area contributed by atoms with Gasteiger partial charge in [0, 0.05) is 16.7 Å². The number of amidine groups is 1. The third-order valence-corrected chi connectivity index (χ3v) is 5.27. The Hall–Kier alpha value is -4.25. The van der Waals surface area contributed by atoms with Crippen molar-refractivity contribution >= 4 is 29.6 Å². The lowest BCUT2D eigenvalue weighted by Gasteiger charge is -2.24. The molecule has 2 aromatic rings. The zero-order chi connectivity index (χ0) is 32.6. The molecule has 0 radical (unpaired) electrons. The van der Waals surface area contributed by atoms with Crippen molar-refractivity contribution in [3.63, 3.8) is 0 Å². The summed E-state index contributed by atoms with van der Waals surface area (Å²) in [6.45, 7) is 15.6. The minimum absolute atomic E-state index is 0.0636. The van der Waals surface area contributed by atoms with Gasteiger partial charge in [-0.25, -0.2) is 9.59 Å². The van der Waals surface area contributed by atoms with Gasteiger partial charge in [0.15, 0.2) is 12.4 Å². The molecule has 43 heavy (non-hydrogen) atoms. The van der Waals surface area contributed by atoms with Crippen molar-refractivity contribution in [3.05, 3.63) is 65.2 Å². The molecule has 0 spiro atoms. The van der Waals surface area contributed by atoms with Gasteiger partial charge in [-0.2, -0.15) is 4.99 Å². The highest BCUT2D eigenvalue weighted by molar-refractivity contribution is 6.06. The summed E-state index contributed by atoms with van der Waals surface area (Å²) in [6, 6.07) is 11.3. The predicted octanol–water partition coefficient (Wildman–Crippen LogP) is 4.84. The molecule has 0 aliphatic heterocycles. The topological polar surface area (TPSA) is 156 Å². The first-order valence-corrected chi connectivity index (χ1v) is 13.8. The second-order valence-electron chi connectivity index (χ2n) is 12.8. The van der Waals surface area contributed by atoms with E-state index in [9.17, 15) is 19.2 Å². The molecule has 3 N–H and O–H groups in total. The summed E-state index contributed by atoms with van der Waals surface area (Å²) in [4.78, 5) is 54.2. The molecule has 0 saturated carbocycles. The molecule has 0 aliphatic carbocycles. The third kappa shape index (κ3) is 13.1. The highest BCUT2D eigenvalue weighted by Gasteiger charge is 2.26. The average Bonchev–Trinajstić information content (AvgIpc) is 2.87. The number of ketones is 1. The third-order valence-electron chi connectivity index (χ3n) is 5.27. The second kappa shape index (κ2) is 14.3. The van der Waals surface area contributed by atoms with Gasteiger partial charge in [0.1, 0.15) is 28.8 Å². The van der Waals surface area contributed by atoms with E-state index in [0.717, 1.165) is 0 Å². The lowest BCUT2D eigenvalue weighted by molar-refractivity contribution is -0.157. The van der Waals surface area contributed by atoms with Crippen molar-refractivity contribution in [2.24, 2.45) is 10.7 Å². The van der Waals surface area contributed by atoms with Crippen LogP contribution >= 0.6 is 0 Å². The van der Waals surface area contributed by atoms with E-state index in [4.69, 9.17) is 24.7 Å². The molecule has 0 aliphatic rings. The maximum absolute atomic E-state index is 13.4. The van der Waals surface area contributed by atoms with Crippen molar-refractivity contribution in [3.8, 4) is 5.75 Å². The number of nitrogens with one attached hydrogen (secondary N) is 1. The van der Waals surface area contributed by atoms with Crippen LogP contribution in [0.5, 0.6) is 5.75 Å². The molecule has 2 aromatic carbocycles. The number of benzene rings is 2. The first kappa shape index (κ1) is 34.9. The van der Waals surface area contributed by atoms with Gasteiger partial charge in [-0.05, 0) is 98.7 Å². The van der Waals surface area contributed by atoms with Crippen LogP contribution in [0.3, 0.4) is 0 Å². The van der Waals surface area contributed by atoms with Crippen LogP contribution in [0.25, 0.3) is 0 Å². The van der Waals surface area contributed by atoms with Gasteiger partial charge >= 0.3 is 12.1 Å². The van der Waals surface area contributed by atoms with Gasteiger partial charge in [-0.15, -0.1) is 0 Å². The van der Waals surface area contributed by atoms with E-state index in [-0.39, 0.29) is 30.4 Å². The predicted molar refractivity (Wildman–Crippen MR) is 162 cm³/mol. The fraction of sp³-hybridized carbons (Fsp3) is 0.469. The Morgan fingerprint density at radius 1 is 0.744 bits per heavy atom. The number of nitrogens with zero attached hydrogens (tertiary/aromatic N) is 1. The molecule has 11 nitrogen and oxygen atoms in total. The van der Waals surface area contributed by atoms with E-state index in [2.05, 4.69) is 10.3 Å². The van der Waals surface area contributed by atoms with Gasteiger partial charge in [0.05, 0.1) is 12.2 Å².